The summed E-state index contributed by atoms with van der Waals surface area (Å²) in [4.78, 5) is 37.7. The molecule has 0 bridgehead atoms. The predicted molar refractivity (Wildman–Crippen MR) is 124 cm³/mol. The van der Waals surface area contributed by atoms with Crippen molar-refractivity contribution in [2.75, 3.05) is 12.3 Å². The second-order valence-corrected chi connectivity index (χ2v) is 8.45. The Morgan fingerprint density at radius 3 is 2.28 bits per heavy atom. The Morgan fingerprint density at radius 1 is 1.03 bits per heavy atom. The molecule has 3 aromatic rings. The molecular weight excluding hydrogens is 526 g/mol. The van der Waals surface area contributed by atoms with Crippen LogP contribution >= 0.6 is 58.0 Å². The lowest BCUT2D eigenvalue weighted by Gasteiger charge is -2.19. The normalized spacial score (nSPS) is 12.2. The van der Waals surface area contributed by atoms with Crippen LogP contribution in [0.15, 0.2) is 12.7 Å². The van der Waals surface area contributed by atoms with Crippen molar-refractivity contribution in [2.45, 2.75) is 25.4 Å². The van der Waals surface area contributed by atoms with E-state index < -0.39 is 17.7 Å². The summed E-state index contributed by atoms with van der Waals surface area (Å²) in [7, 11) is 0. The van der Waals surface area contributed by atoms with Crippen LogP contribution in [0.2, 0.25) is 25.1 Å². The van der Waals surface area contributed by atoms with Crippen molar-refractivity contribution < 1.29 is 14.7 Å². The highest BCUT2D eigenvalue weighted by Crippen LogP contribution is 2.44. The van der Waals surface area contributed by atoms with Crippen LogP contribution in [0.3, 0.4) is 0 Å². The topological polar surface area (TPSA) is 136 Å². The molecule has 1 aromatic carbocycles. The summed E-state index contributed by atoms with van der Waals surface area (Å²) < 4.78 is 1.63. The fraction of sp³-hybridized carbons (Fsp3) is 0.278. The number of fused-ring (bicyclic) bond motifs is 1. The molecule has 3 rings (SSSR count). The van der Waals surface area contributed by atoms with Crippen molar-refractivity contribution in [3.63, 3.8) is 0 Å². The minimum Gasteiger partial charge on any atom is -0.396 e. The molecule has 0 saturated heterocycles. The van der Waals surface area contributed by atoms with Crippen molar-refractivity contribution in [1.82, 2.24) is 24.8 Å². The number of amides is 1. The third-order valence-electron chi connectivity index (χ3n) is 4.53. The number of aliphatic hydroxyl groups is 1. The van der Waals surface area contributed by atoms with E-state index in [1.54, 1.807) is 4.57 Å². The average molecular weight is 541 g/mol. The number of carbonyl (C=O) groups excluding carboxylic acids is 2. The van der Waals surface area contributed by atoms with Gasteiger partial charge in [-0.2, -0.15) is 0 Å². The monoisotopic (exact) mass is 538 g/mol. The number of nitrogens with one attached hydrogen (secondary N) is 1. The lowest BCUT2D eigenvalue weighted by atomic mass is 10.0. The first-order valence-electron chi connectivity index (χ1n) is 9.04. The third kappa shape index (κ3) is 4.88. The number of aryl methyl sites for hydroxylation is 1. The number of hydrogen-bond acceptors (Lipinski definition) is 7. The van der Waals surface area contributed by atoms with E-state index in [4.69, 9.17) is 63.7 Å². The molecule has 32 heavy (non-hydrogen) atoms. The van der Waals surface area contributed by atoms with Gasteiger partial charge >= 0.3 is 0 Å². The smallest absolute Gasteiger partial charge is 0.222 e. The number of nitrogens with two attached hydrogens (primary N) is 1. The molecule has 0 saturated carbocycles. The molecule has 4 N–H and O–H groups in total. The molecule has 0 aliphatic heterocycles. The Bertz CT molecular complexity index is 1170. The minimum atomic E-state index is -1.13. The van der Waals surface area contributed by atoms with Gasteiger partial charge in [-0.3, -0.25) is 9.59 Å². The lowest BCUT2D eigenvalue weighted by Crippen LogP contribution is -2.42. The number of carbonyl (C=O) groups is 2. The van der Waals surface area contributed by atoms with Gasteiger partial charge < -0.3 is 20.7 Å². The number of aromatic nitrogens is 4. The zero-order valence-electron chi connectivity index (χ0n) is 16.1. The summed E-state index contributed by atoms with van der Waals surface area (Å²) in [6, 6.07) is -1.13. The summed E-state index contributed by atoms with van der Waals surface area (Å²) in [6.07, 6.45) is 2.67. The van der Waals surface area contributed by atoms with Crippen molar-refractivity contribution in [3.8, 4) is 0 Å². The molecule has 1 amide bonds. The molecule has 0 aliphatic carbocycles. The molecule has 2 heterocycles. The number of aliphatic hydroxyl groups excluding tert-OH is 1. The molecule has 0 aliphatic rings. The number of rotatable bonds is 8. The molecule has 9 nitrogen and oxygen atoms in total. The number of nitrogens with zero attached hydrogens (tertiary/aromatic N) is 4. The van der Waals surface area contributed by atoms with E-state index in [0.29, 0.717) is 11.2 Å². The molecule has 1 unspecified atom stereocenters. The number of imidazole rings is 1. The molecule has 170 valence electrons. The fourth-order valence-electron chi connectivity index (χ4n) is 2.94. The zero-order valence-corrected chi connectivity index (χ0v) is 19.9. The number of ketones is 1. The Hall–Kier alpha value is -1.88. The Labute approximate surface area is 206 Å². The zero-order chi connectivity index (χ0) is 23.6. The van der Waals surface area contributed by atoms with Gasteiger partial charge in [0.2, 0.25) is 5.91 Å². The maximum absolute atomic E-state index is 13.1. The average Bonchev–Trinajstić information content (AvgIpc) is 3.19. The van der Waals surface area contributed by atoms with Gasteiger partial charge in [0.1, 0.15) is 11.8 Å². The van der Waals surface area contributed by atoms with Crippen molar-refractivity contribution in [1.29, 1.82) is 0 Å². The summed E-state index contributed by atoms with van der Waals surface area (Å²) in [5.41, 5.74) is 6.45. The van der Waals surface area contributed by atoms with Crippen LogP contribution in [0, 0.1) is 0 Å². The SMILES string of the molecule is Nc1ncnc2c1ncn2CCC(=O)NC(CCO)C(=O)c1c(Cl)c(Cl)c(Cl)c(Cl)c1Cl. The molecule has 0 fully saturated rings. The van der Waals surface area contributed by atoms with Crippen LogP contribution in [0.25, 0.3) is 11.2 Å². The number of halogens is 5. The third-order valence-corrected chi connectivity index (χ3v) is 6.81. The number of anilines is 1. The van der Waals surface area contributed by atoms with Crippen LogP contribution in [-0.2, 0) is 11.3 Å². The number of Topliss-reactive ketones (excluding diaryl/α,β-unsaturated/α-hetero) is 1. The van der Waals surface area contributed by atoms with Gasteiger partial charge in [-0.05, 0) is 6.42 Å². The fourth-order valence-corrected chi connectivity index (χ4v) is 4.27. The van der Waals surface area contributed by atoms with E-state index >= 15 is 0 Å². The van der Waals surface area contributed by atoms with E-state index in [2.05, 4.69) is 20.3 Å². The Balaban J connectivity index is 1.77. The number of hydrogen-bond donors (Lipinski definition) is 3. The molecule has 0 spiro atoms. The Morgan fingerprint density at radius 2 is 1.66 bits per heavy atom. The Kier molecular flexibility index (Phi) is 8.02. The summed E-state index contributed by atoms with van der Waals surface area (Å²) in [6.45, 7) is -0.178. The maximum Gasteiger partial charge on any atom is 0.222 e. The summed E-state index contributed by atoms with van der Waals surface area (Å²) >= 11 is 30.3. The highest BCUT2D eigenvalue weighted by atomic mass is 35.5. The second-order valence-electron chi connectivity index (χ2n) is 6.56. The quantitative estimate of drug-likeness (QED) is 0.225. The summed E-state index contributed by atoms with van der Waals surface area (Å²) in [5.74, 6) is -0.920. The molecule has 2 aromatic heterocycles. The van der Waals surface area contributed by atoms with Gasteiger partial charge in [0.05, 0.1) is 43.0 Å². The second kappa shape index (κ2) is 10.4. The first-order valence-corrected chi connectivity index (χ1v) is 10.9. The lowest BCUT2D eigenvalue weighted by molar-refractivity contribution is -0.121. The van der Waals surface area contributed by atoms with Crippen molar-refractivity contribution in [3.05, 3.63) is 43.3 Å². The van der Waals surface area contributed by atoms with E-state index in [1.807, 2.05) is 0 Å². The molecule has 1 atom stereocenters. The molecule has 14 heteroatoms. The molecule has 0 radical (unpaired) electrons. The summed E-state index contributed by atoms with van der Waals surface area (Å²) in [5, 5.41) is 11.2. The van der Waals surface area contributed by atoms with Crippen molar-refractivity contribution >= 4 is 86.7 Å². The highest BCUT2D eigenvalue weighted by molar-refractivity contribution is 6.56. The van der Waals surface area contributed by atoms with Gasteiger partial charge in [-0.25, -0.2) is 15.0 Å². The van der Waals surface area contributed by atoms with Gasteiger partial charge in [-0.1, -0.05) is 58.0 Å². The first-order chi connectivity index (χ1) is 15.2. The van der Waals surface area contributed by atoms with Crippen molar-refractivity contribution in [2.24, 2.45) is 0 Å². The standard InChI is InChI=1S/C18H15Cl5N6O3/c19-10-9(11(20)13(22)14(23)12(10)21)16(32)7(2-4-30)28-8(31)1-3-29-6-27-15-17(24)25-5-26-18(15)29/h5-7,30H,1-4H2,(H,28,31)(H2,24,25,26). The van der Waals surface area contributed by atoms with Crippen LogP contribution in [0.4, 0.5) is 5.82 Å². The maximum atomic E-state index is 13.1. The largest absolute Gasteiger partial charge is 0.396 e. The van der Waals surface area contributed by atoms with E-state index in [-0.39, 0.29) is 62.5 Å². The number of benzene rings is 1. The number of nitrogen functional groups attached to an aromatic ring is 1. The van der Waals surface area contributed by atoms with Gasteiger partial charge in [0, 0.05) is 19.6 Å². The minimum absolute atomic E-state index is 0.0197. The molecular formula is C18H15Cl5N6O3. The van der Waals surface area contributed by atoms with Crippen LogP contribution in [-0.4, -0.2) is 49.0 Å². The van der Waals surface area contributed by atoms with Crippen LogP contribution in [0.5, 0.6) is 0 Å². The predicted octanol–water partition coefficient (Wildman–Crippen LogP) is 3.82. The van der Waals surface area contributed by atoms with E-state index in [9.17, 15) is 14.7 Å². The van der Waals surface area contributed by atoms with Crippen LogP contribution in [0.1, 0.15) is 23.2 Å². The highest BCUT2D eigenvalue weighted by Gasteiger charge is 2.29. The van der Waals surface area contributed by atoms with Crippen LogP contribution < -0.4 is 11.1 Å². The van der Waals surface area contributed by atoms with Gasteiger partial charge in [0.25, 0.3) is 0 Å². The van der Waals surface area contributed by atoms with E-state index in [0.717, 1.165) is 0 Å². The van der Waals surface area contributed by atoms with E-state index in [1.165, 1.54) is 12.7 Å². The van der Waals surface area contributed by atoms with Gasteiger partial charge in [-0.15, -0.1) is 0 Å². The van der Waals surface area contributed by atoms with Gasteiger partial charge in [0.15, 0.2) is 17.2 Å². The first kappa shape index (κ1) is 24.8.